The van der Waals surface area contributed by atoms with E-state index >= 15 is 0 Å². The fourth-order valence-electron chi connectivity index (χ4n) is 7.49. The van der Waals surface area contributed by atoms with Crippen LogP contribution in [0, 0.1) is 0 Å². The lowest BCUT2D eigenvalue weighted by molar-refractivity contribution is -0.301. The average Bonchev–Trinajstić information content (AvgIpc) is 3.35. The van der Waals surface area contributed by atoms with Crippen LogP contribution < -0.4 is 0 Å². The van der Waals surface area contributed by atoms with Crippen molar-refractivity contribution in [1.82, 2.24) is 0 Å². The number of esters is 3. The predicted molar refractivity (Wildman–Crippen MR) is 284 cm³/mol. The smallest absolute Gasteiger partial charge is 0.335 e. The number of carboxylic acids is 1. The predicted octanol–water partition coefficient (Wildman–Crippen LogP) is 13.3. The number of aliphatic hydroxyl groups excluding tert-OH is 2. The molecule has 1 saturated heterocycles. The van der Waals surface area contributed by atoms with Gasteiger partial charge in [-0.1, -0.05) is 182 Å². The van der Waals surface area contributed by atoms with Crippen LogP contribution in [0.15, 0.2) is 97.2 Å². The van der Waals surface area contributed by atoms with Gasteiger partial charge in [0.05, 0.1) is 6.61 Å². The van der Waals surface area contributed by atoms with Crippen molar-refractivity contribution in [2.45, 2.75) is 237 Å². The number of carbonyl (C=O) groups is 4. The van der Waals surface area contributed by atoms with Crippen LogP contribution >= 0.6 is 0 Å². The molecule has 0 amide bonds. The number of aliphatic carboxylic acids is 1. The van der Waals surface area contributed by atoms with E-state index in [4.69, 9.17) is 23.7 Å². The van der Waals surface area contributed by atoms with Crippen molar-refractivity contribution in [2.24, 2.45) is 0 Å². The molecule has 6 atom stereocenters. The summed E-state index contributed by atoms with van der Waals surface area (Å²) in [5.74, 6) is -3.27. The van der Waals surface area contributed by atoms with Crippen LogP contribution in [0.3, 0.4) is 0 Å². The van der Waals surface area contributed by atoms with Crippen LogP contribution in [0.5, 0.6) is 0 Å². The molecule has 6 unspecified atom stereocenters. The molecule has 0 spiro atoms. The van der Waals surface area contributed by atoms with Crippen LogP contribution in [0.4, 0.5) is 0 Å². The SMILES string of the molecule is CC/C=C\C/C=C\C/C=C\C/C=C\CCC(=O)OC(COC(=O)CCCCCCCCC/C=C\C/C=C\C/C=C\CC)COC1OC(C(=O)O)C(O)C(O)C1OC(=O)CCCCCCC/C=C\CCCC. The van der Waals surface area contributed by atoms with Crippen molar-refractivity contribution in [3.05, 3.63) is 97.2 Å². The maximum Gasteiger partial charge on any atom is 0.335 e. The van der Waals surface area contributed by atoms with Crippen LogP contribution in [0.25, 0.3) is 0 Å². The summed E-state index contributed by atoms with van der Waals surface area (Å²) in [5.41, 5.74) is 0. The molecule has 0 saturated carbocycles. The highest BCUT2D eigenvalue weighted by molar-refractivity contribution is 5.74. The van der Waals surface area contributed by atoms with Gasteiger partial charge in [0.1, 0.15) is 18.8 Å². The Balaban J connectivity index is 2.76. The molecular formula is C59H94O12. The number of hydrogen-bond donors (Lipinski definition) is 3. The third-order valence-electron chi connectivity index (χ3n) is 11.6. The molecule has 0 aromatic carbocycles. The monoisotopic (exact) mass is 995 g/mol. The second-order valence-corrected chi connectivity index (χ2v) is 18.1. The number of allylic oxidation sites excluding steroid dienone is 16. The summed E-state index contributed by atoms with van der Waals surface area (Å²) in [6.07, 6.45) is 48.4. The summed E-state index contributed by atoms with van der Waals surface area (Å²) in [6, 6.07) is 0. The van der Waals surface area contributed by atoms with Gasteiger partial charge in [-0.2, -0.15) is 0 Å². The molecule has 0 aromatic heterocycles. The van der Waals surface area contributed by atoms with Crippen LogP contribution in [0.1, 0.15) is 201 Å². The van der Waals surface area contributed by atoms with E-state index in [1.54, 1.807) is 0 Å². The van der Waals surface area contributed by atoms with E-state index in [9.17, 15) is 34.5 Å². The molecule has 1 aliphatic rings. The topological polar surface area (TPSA) is 175 Å². The summed E-state index contributed by atoms with van der Waals surface area (Å²) in [6.45, 7) is 5.62. The van der Waals surface area contributed by atoms with Crippen molar-refractivity contribution in [1.29, 1.82) is 0 Å². The number of carboxylic acid groups (broad SMARTS) is 1. The maximum atomic E-state index is 13.0. The Bertz CT molecular complexity index is 1610. The van der Waals surface area contributed by atoms with E-state index in [2.05, 4.69) is 106 Å². The molecule has 12 nitrogen and oxygen atoms in total. The van der Waals surface area contributed by atoms with Gasteiger partial charge < -0.3 is 39.0 Å². The molecule has 71 heavy (non-hydrogen) atoms. The standard InChI is InChI=1S/C59H94O12/c1-4-7-10-13-16-19-22-24-25-26-27-29-31-33-36-39-42-45-51(60)67-48-50(69-52(61)46-43-40-37-35-32-28-23-20-17-14-11-8-5-2)49-68-59-57(55(64)54(63)56(71-59)58(65)66)70-53(62)47-44-41-38-34-30-21-18-15-12-9-6-3/h7-8,10-11,15-20,24-25,28,32,37,40,50,54-57,59,63-64H,4-6,9,12-14,21-23,26-27,29-31,33-36,38-39,41-49H2,1-3H3,(H,65,66)/b10-7-,11-8-,18-15-,19-16-,20-17-,25-24-,32-28-,40-37-. The number of rotatable bonds is 44. The largest absolute Gasteiger partial charge is 0.479 e. The quantitative estimate of drug-likeness (QED) is 0.0228. The maximum absolute atomic E-state index is 13.0. The number of unbranched alkanes of at least 4 members (excludes halogenated alkanes) is 14. The van der Waals surface area contributed by atoms with Crippen LogP contribution in [-0.4, -0.2) is 89.2 Å². The van der Waals surface area contributed by atoms with E-state index in [1.807, 2.05) is 12.2 Å². The lowest BCUT2D eigenvalue weighted by atomic mass is 9.98. The van der Waals surface area contributed by atoms with Crippen molar-refractivity contribution >= 4 is 23.9 Å². The average molecular weight is 995 g/mol. The Kier molecular flexibility index (Phi) is 42.5. The van der Waals surface area contributed by atoms with Gasteiger partial charge in [-0.05, 0) is 96.3 Å². The van der Waals surface area contributed by atoms with Crippen molar-refractivity contribution < 1.29 is 58.2 Å². The third kappa shape index (κ3) is 37.1. The molecule has 1 rings (SSSR count). The summed E-state index contributed by atoms with van der Waals surface area (Å²) in [4.78, 5) is 50.9. The Labute approximate surface area is 428 Å². The summed E-state index contributed by atoms with van der Waals surface area (Å²) >= 11 is 0. The van der Waals surface area contributed by atoms with E-state index in [1.165, 1.54) is 19.3 Å². The molecule has 402 valence electrons. The molecule has 0 radical (unpaired) electrons. The second-order valence-electron chi connectivity index (χ2n) is 18.1. The second kappa shape index (κ2) is 46.7. The van der Waals surface area contributed by atoms with Gasteiger partial charge in [-0.25, -0.2) is 4.79 Å². The number of ether oxygens (including phenoxy) is 5. The normalized spacial score (nSPS) is 19.3. The number of hydrogen-bond acceptors (Lipinski definition) is 11. The summed E-state index contributed by atoms with van der Waals surface area (Å²) < 4.78 is 28.2. The Morgan fingerprint density at radius 3 is 1.42 bits per heavy atom. The van der Waals surface area contributed by atoms with Crippen LogP contribution in [0.2, 0.25) is 0 Å². The Morgan fingerprint density at radius 2 is 0.915 bits per heavy atom. The van der Waals surface area contributed by atoms with E-state index in [0.29, 0.717) is 25.7 Å². The molecule has 12 heteroatoms. The molecule has 0 aromatic rings. The molecule has 1 aliphatic heterocycles. The van der Waals surface area contributed by atoms with E-state index in [-0.39, 0.29) is 25.9 Å². The minimum atomic E-state index is -1.92. The van der Waals surface area contributed by atoms with Crippen molar-refractivity contribution in [2.75, 3.05) is 13.2 Å². The highest BCUT2D eigenvalue weighted by Gasteiger charge is 2.50. The van der Waals surface area contributed by atoms with Gasteiger partial charge in [0, 0.05) is 19.3 Å². The lowest BCUT2D eigenvalue weighted by Gasteiger charge is -2.40. The van der Waals surface area contributed by atoms with E-state index in [0.717, 1.165) is 116 Å². The molecule has 3 N–H and O–H groups in total. The first kappa shape index (κ1) is 64.7. The minimum Gasteiger partial charge on any atom is -0.479 e. The van der Waals surface area contributed by atoms with Crippen molar-refractivity contribution in [3.8, 4) is 0 Å². The summed E-state index contributed by atoms with van der Waals surface area (Å²) in [5, 5.41) is 31.3. The Morgan fingerprint density at radius 1 is 0.479 bits per heavy atom. The van der Waals surface area contributed by atoms with Gasteiger partial charge >= 0.3 is 23.9 Å². The fraction of sp³-hybridized carbons (Fsp3) is 0.661. The molecule has 1 heterocycles. The zero-order valence-electron chi connectivity index (χ0n) is 43.9. The summed E-state index contributed by atoms with van der Waals surface area (Å²) in [7, 11) is 0. The Hall–Kier alpha value is -4.36. The minimum absolute atomic E-state index is 0.0344. The van der Waals surface area contributed by atoms with Crippen LogP contribution in [-0.2, 0) is 42.9 Å². The van der Waals surface area contributed by atoms with Gasteiger partial charge in [0.15, 0.2) is 24.6 Å². The molecular weight excluding hydrogens is 901 g/mol. The zero-order valence-corrected chi connectivity index (χ0v) is 43.9. The van der Waals surface area contributed by atoms with Gasteiger partial charge in [0.25, 0.3) is 0 Å². The number of carbonyl (C=O) groups excluding carboxylic acids is 3. The highest BCUT2D eigenvalue weighted by atomic mass is 16.7. The van der Waals surface area contributed by atoms with Gasteiger partial charge in [0.2, 0.25) is 0 Å². The van der Waals surface area contributed by atoms with Crippen molar-refractivity contribution in [3.63, 3.8) is 0 Å². The molecule has 0 aliphatic carbocycles. The first-order valence-corrected chi connectivity index (χ1v) is 27.2. The first-order chi connectivity index (χ1) is 34.6. The number of aliphatic hydroxyl groups is 2. The first-order valence-electron chi connectivity index (χ1n) is 27.2. The zero-order chi connectivity index (χ0) is 51.8. The van der Waals surface area contributed by atoms with Gasteiger partial charge in [-0.15, -0.1) is 0 Å². The molecule has 1 fully saturated rings. The molecule has 0 bridgehead atoms. The van der Waals surface area contributed by atoms with Gasteiger partial charge in [-0.3, -0.25) is 14.4 Å². The highest BCUT2D eigenvalue weighted by Crippen LogP contribution is 2.26. The lowest BCUT2D eigenvalue weighted by Crippen LogP contribution is -2.61. The third-order valence-corrected chi connectivity index (χ3v) is 11.6. The fourth-order valence-corrected chi connectivity index (χ4v) is 7.49. The van der Waals surface area contributed by atoms with E-state index < -0.39 is 67.3 Å².